The van der Waals surface area contributed by atoms with Crippen LogP contribution in [0, 0.1) is 5.92 Å². The minimum Gasteiger partial charge on any atom is -0.480 e. The van der Waals surface area contributed by atoms with Crippen LogP contribution < -0.4 is 5.73 Å². The number of hydrogen-bond acceptors (Lipinski definition) is 7. The summed E-state index contributed by atoms with van der Waals surface area (Å²) < 4.78 is 28.2. The van der Waals surface area contributed by atoms with E-state index in [1.807, 2.05) is 11.9 Å². The third kappa shape index (κ3) is 4.51. The predicted octanol–water partition coefficient (Wildman–Crippen LogP) is -2.55. The van der Waals surface area contributed by atoms with Crippen LogP contribution in [-0.4, -0.2) is 102 Å². The van der Waals surface area contributed by atoms with Crippen LogP contribution in [0.2, 0.25) is 6.32 Å². The SMILES string of the molecule is CN1CCN(S(=O)(=O)N2C[C@H](CCCB(O)O)[C@](N)(C(=O)O)C2)CC1. The molecule has 0 aromatic heterocycles. The zero-order chi connectivity index (χ0) is 18.8. The first-order valence-corrected chi connectivity index (χ1v) is 9.79. The van der Waals surface area contributed by atoms with Crippen LogP contribution in [0.15, 0.2) is 0 Å². The Balaban J connectivity index is 2.10. The summed E-state index contributed by atoms with van der Waals surface area (Å²) in [6.07, 6.45) is 0.767. The summed E-state index contributed by atoms with van der Waals surface area (Å²) in [5, 5.41) is 27.4. The highest BCUT2D eigenvalue weighted by Crippen LogP contribution is 2.33. The molecule has 2 heterocycles. The molecule has 0 unspecified atom stereocenters. The Hall–Kier alpha value is -0.755. The van der Waals surface area contributed by atoms with E-state index in [1.165, 1.54) is 4.31 Å². The van der Waals surface area contributed by atoms with Crippen molar-refractivity contribution in [2.45, 2.75) is 24.7 Å². The normalized spacial score (nSPS) is 29.8. The van der Waals surface area contributed by atoms with Crippen molar-refractivity contribution >= 4 is 23.3 Å². The van der Waals surface area contributed by atoms with E-state index < -0.39 is 34.8 Å². The lowest BCUT2D eigenvalue weighted by atomic mass is 9.78. The van der Waals surface area contributed by atoms with E-state index >= 15 is 0 Å². The van der Waals surface area contributed by atoms with Gasteiger partial charge in [0, 0.05) is 45.2 Å². The molecule has 144 valence electrons. The number of carboxylic acids is 1. The number of nitrogens with zero attached hydrogens (tertiary/aromatic N) is 3. The van der Waals surface area contributed by atoms with Gasteiger partial charge < -0.3 is 25.8 Å². The number of rotatable bonds is 7. The Morgan fingerprint density at radius 1 is 1.24 bits per heavy atom. The monoisotopic (exact) mass is 378 g/mol. The molecule has 25 heavy (non-hydrogen) atoms. The molecule has 0 aliphatic carbocycles. The first-order chi connectivity index (χ1) is 11.6. The Morgan fingerprint density at radius 2 is 1.84 bits per heavy atom. The highest BCUT2D eigenvalue weighted by molar-refractivity contribution is 7.86. The average molecular weight is 378 g/mol. The van der Waals surface area contributed by atoms with Gasteiger partial charge in [0.15, 0.2) is 0 Å². The van der Waals surface area contributed by atoms with E-state index in [0.29, 0.717) is 39.0 Å². The molecule has 2 aliphatic rings. The van der Waals surface area contributed by atoms with Gasteiger partial charge in [0.2, 0.25) is 0 Å². The van der Waals surface area contributed by atoms with E-state index in [9.17, 15) is 18.3 Å². The summed E-state index contributed by atoms with van der Waals surface area (Å²) in [6.45, 7) is 1.72. The summed E-state index contributed by atoms with van der Waals surface area (Å²) in [4.78, 5) is 13.7. The molecule has 0 aromatic carbocycles. The number of likely N-dealkylation sites (N-methyl/N-ethyl adjacent to an activating group) is 1. The summed E-state index contributed by atoms with van der Waals surface area (Å²) in [6, 6.07) is 0. The summed E-state index contributed by atoms with van der Waals surface area (Å²) in [5.41, 5.74) is 4.38. The van der Waals surface area contributed by atoms with Gasteiger partial charge in [0.1, 0.15) is 5.54 Å². The second-order valence-corrected chi connectivity index (χ2v) is 8.89. The second kappa shape index (κ2) is 7.86. The smallest absolute Gasteiger partial charge is 0.451 e. The fourth-order valence-corrected chi connectivity index (χ4v) is 5.09. The number of aliphatic carboxylic acids is 1. The van der Waals surface area contributed by atoms with Crippen molar-refractivity contribution in [1.82, 2.24) is 13.5 Å². The number of piperazine rings is 1. The molecular formula is C13H27BN4O6S. The maximum Gasteiger partial charge on any atom is 0.451 e. The first kappa shape index (κ1) is 20.6. The molecule has 0 saturated carbocycles. The highest BCUT2D eigenvalue weighted by atomic mass is 32.2. The molecule has 0 bridgehead atoms. The molecule has 2 fully saturated rings. The molecule has 0 radical (unpaired) electrons. The van der Waals surface area contributed by atoms with Crippen molar-refractivity contribution in [3.8, 4) is 0 Å². The molecule has 2 aliphatic heterocycles. The lowest BCUT2D eigenvalue weighted by Gasteiger charge is -2.34. The Morgan fingerprint density at radius 3 is 2.36 bits per heavy atom. The maximum absolute atomic E-state index is 12.8. The largest absolute Gasteiger partial charge is 0.480 e. The van der Waals surface area contributed by atoms with Crippen LogP contribution in [0.4, 0.5) is 0 Å². The number of hydrogen-bond donors (Lipinski definition) is 4. The van der Waals surface area contributed by atoms with Crippen LogP contribution in [0.25, 0.3) is 0 Å². The van der Waals surface area contributed by atoms with Crippen LogP contribution in [0.3, 0.4) is 0 Å². The third-order valence-electron chi connectivity index (χ3n) is 5.12. The first-order valence-electron chi connectivity index (χ1n) is 8.39. The number of carbonyl (C=O) groups is 1. The molecule has 2 atom stereocenters. The van der Waals surface area contributed by atoms with E-state index in [0.717, 1.165) is 4.31 Å². The Bertz CT molecular complexity index is 583. The summed E-state index contributed by atoms with van der Waals surface area (Å²) >= 11 is 0. The molecule has 10 nitrogen and oxygen atoms in total. The zero-order valence-electron chi connectivity index (χ0n) is 14.4. The van der Waals surface area contributed by atoms with Crippen LogP contribution in [0.5, 0.6) is 0 Å². The van der Waals surface area contributed by atoms with E-state index in [2.05, 4.69) is 0 Å². The van der Waals surface area contributed by atoms with Gasteiger partial charge in [-0.1, -0.05) is 6.42 Å². The molecule has 0 amide bonds. The standard InChI is InChI=1S/C13H27BN4O6S/c1-16-5-7-17(8-6-16)25(23,24)18-9-11(3-2-4-14(21)22)13(15,10-18)12(19)20/h11,21-22H,2-10,15H2,1H3,(H,19,20)/t11-,13-/m0/s1. The molecule has 0 aromatic rings. The van der Waals surface area contributed by atoms with Gasteiger partial charge in [-0.05, 0) is 19.8 Å². The van der Waals surface area contributed by atoms with Gasteiger partial charge in [0.25, 0.3) is 10.2 Å². The van der Waals surface area contributed by atoms with Crippen molar-refractivity contribution in [2.24, 2.45) is 11.7 Å². The number of nitrogens with two attached hydrogens (primary N) is 1. The van der Waals surface area contributed by atoms with Gasteiger partial charge in [0.05, 0.1) is 0 Å². The van der Waals surface area contributed by atoms with Gasteiger partial charge in [-0.3, -0.25) is 4.79 Å². The molecular weight excluding hydrogens is 351 g/mol. The average Bonchev–Trinajstić information content (AvgIpc) is 2.87. The van der Waals surface area contributed by atoms with Crippen LogP contribution in [-0.2, 0) is 15.0 Å². The fourth-order valence-electron chi connectivity index (χ4n) is 3.39. The van der Waals surface area contributed by atoms with E-state index in [-0.39, 0.29) is 19.4 Å². The van der Waals surface area contributed by atoms with Gasteiger partial charge in [-0.2, -0.15) is 17.0 Å². The van der Waals surface area contributed by atoms with Crippen molar-refractivity contribution in [3.63, 3.8) is 0 Å². The molecule has 2 rings (SSSR count). The van der Waals surface area contributed by atoms with Crippen molar-refractivity contribution < 1.29 is 28.4 Å². The maximum atomic E-state index is 12.8. The van der Waals surface area contributed by atoms with Gasteiger partial charge >= 0.3 is 13.1 Å². The minimum atomic E-state index is -3.77. The Kier molecular flexibility index (Phi) is 6.47. The third-order valence-corrected chi connectivity index (χ3v) is 7.07. The Labute approximate surface area is 148 Å². The fraction of sp³-hybridized carbons (Fsp3) is 0.923. The van der Waals surface area contributed by atoms with Gasteiger partial charge in [-0.15, -0.1) is 0 Å². The lowest BCUT2D eigenvalue weighted by Crippen LogP contribution is -2.56. The molecule has 5 N–H and O–H groups in total. The molecule has 12 heteroatoms. The topological polar surface area (TPSA) is 148 Å². The predicted molar refractivity (Wildman–Crippen MR) is 91.8 cm³/mol. The lowest BCUT2D eigenvalue weighted by molar-refractivity contribution is -0.144. The van der Waals surface area contributed by atoms with Crippen molar-refractivity contribution in [2.75, 3.05) is 46.3 Å². The molecule has 2 saturated heterocycles. The molecule has 0 spiro atoms. The minimum absolute atomic E-state index is 0.0268. The van der Waals surface area contributed by atoms with Crippen LogP contribution >= 0.6 is 0 Å². The summed E-state index contributed by atoms with van der Waals surface area (Å²) in [7, 11) is -3.32. The van der Waals surface area contributed by atoms with E-state index in [1.54, 1.807) is 0 Å². The summed E-state index contributed by atoms with van der Waals surface area (Å²) in [5.74, 6) is -1.82. The van der Waals surface area contributed by atoms with E-state index in [4.69, 9.17) is 15.8 Å². The quantitative estimate of drug-likeness (QED) is 0.354. The van der Waals surface area contributed by atoms with Crippen molar-refractivity contribution in [3.05, 3.63) is 0 Å². The number of carboxylic acid groups (broad SMARTS) is 1. The highest BCUT2D eigenvalue weighted by Gasteiger charge is 2.53. The van der Waals surface area contributed by atoms with Crippen LogP contribution in [0.1, 0.15) is 12.8 Å². The zero-order valence-corrected chi connectivity index (χ0v) is 15.2. The van der Waals surface area contributed by atoms with Crippen molar-refractivity contribution in [1.29, 1.82) is 0 Å². The van der Waals surface area contributed by atoms with Gasteiger partial charge in [-0.25, -0.2) is 0 Å². The second-order valence-electron chi connectivity index (χ2n) is 6.96.